The number of benzene rings is 2. The number of esters is 1. The number of carbonyl (C=O) groups excluding carboxylic acids is 2. The van der Waals surface area contributed by atoms with E-state index in [2.05, 4.69) is 22.3 Å². The Balaban J connectivity index is 1.73. The first-order valence-corrected chi connectivity index (χ1v) is 9.57. The van der Waals surface area contributed by atoms with Crippen LogP contribution in [0.1, 0.15) is 43.0 Å². The van der Waals surface area contributed by atoms with Crippen LogP contribution in [0, 0.1) is 0 Å². The minimum absolute atomic E-state index is 0.118. The maximum absolute atomic E-state index is 12.1. The minimum Gasteiger partial charge on any atom is -0.494 e. The van der Waals surface area contributed by atoms with E-state index in [1.165, 1.54) is 26.4 Å². The fourth-order valence-electron chi connectivity index (χ4n) is 2.58. The Morgan fingerprint density at radius 3 is 2.21 bits per heavy atom. The van der Waals surface area contributed by atoms with Gasteiger partial charge in [0.15, 0.2) is 0 Å². The molecule has 1 amide bonds. The van der Waals surface area contributed by atoms with Gasteiger partial charge in [-0.2, -0.15) is 0 Å². The summed E-state index contributed by atoms with van der Waals surface area (Å²) in [6.07, 6.45) is 4.68. The number of hydrogen-bond acceptors (Lipinski definition) is 5. The van der Waals surface area contributed by atoms with E-state index in [0.717, 1.165) is 17.9 Å². The van der Waals surface area contributed by atoms with Gasteiger partial charge in [-0.3, -0.25) is 4.79 Å². The first kappa shape index (κ1) is 21.3. The predicted molar refractivity (Wildman–Crippen MR) is 111 cm³/mol. The Morgan fingerprint density at radius 1 is 0.893 bits per heavy atom. The standard InChI is InChI=1S/C22H28N2O4/c1-3-4-5-6-15-28-20-13-11-19(12-14-20)24-21(25)16-23-18-9-7-17(8-10-18)22(26)27-2/h7-14,23H,3-6,15-16H2,1-2H3,(H,24,25). The molecule has 150 valence electrons. The van der Waals surface area contributed by atoms with Crippen LogP contribution >= 0.6 is 0 Å². The Morgan fingerprint density at radius 2 is 1.57 bits per heavy atom. The predicted octanol–water partition coefficient (Wildman–Crippen LogP) is 4.48. The average molecular weight is 384 g/mol. The molecule has 2 rings (SSSR count). The number of nitrogens with one attached hydrogen (secondary N) is 2. The first-order valence-electron chi connectivity index (χ1n) is 9.57. The number of amides is 1. The van der Waals surface area contributed by atoms with Crippen molar-refractivity contribution in [2.75, 3.05) is 30.9 Å². The number of ether oxygens (including phenoxy) is 2. The number of anilines is 2. The summed E-state index contributed by atoms with van der Waals surface area (Å²) in [5, 5.41) is 5.85. The van der Waals surface area contributed by atoms with E-state index in [1.54, 1.807) is 24.3 Å². The van der Waals surface area contributed by atoms with E-state index in [4.69, 9.17) is 4.74 Å². The van der Waals surface area contributed by atoms with E-state index < -0.39 is 5.97 Å². The zero-order chi connectivity index (χ0) is 20.2. The molecule has 2 N–H and O–H groups in total. The van der Waals surface area contributed by atoms with Crippen LogP contribution in [0.3, 0.4) is 0 Å². The third-order valence-corrected chi connectivity index (χ3v) is 4.16. The van der Waals surface area contributed by atoms with Gasteiger partial charge in [-0.1, -0.05) is 26.2 Å². The third-order valence-electron chi connectivity index (χ3n) is 4.16. The molecule has 0 bridgehead atoms. The Kier molecular flexibility index (Phi) is 8.85. The molecule has 0 saturated heterocycles. The topological polar surface area (TPSA) is 76.7 Å². The Bertz CT molecular complexity index is 742. The molecule has 2 aromatic rings. The smallest absolute Gasteiger partial charge is 0.337 e. The molecule has 0 aromatic heterocycles. The molecule has 0 aliphatic heterocycles. The number of methoxy groups -OCH3 is 1. The molecule has 0 aliphatic carbocycles. The van der Waals surface area contributed by atoms with Gasteiger partial charge in [0.05, 0.1) is 25.8 Å². The molecule has 6 heteroatoms. The molecule has 6 nitrogen and oxygen atoms in total. The molecule has 2 aromatic carbocycles. The second kappa shape index (κ2) is 11.6. The van der Waals surface area contributed by atoms with Crippen molar-refractivity contribution >= 4 is 23.3 Å². The lowest BCUT2D eigenvalue weighted by Gasteiger charge is -2.10. The minimum atomic E-state index is -0.391. The second-order valence-electron chi connectivity index (χ2n) is 6.40. The maximum Gasteiger partial charge on any atom is 0.337 e. The van der Waals surface area contributed by atoms with E-state index in [0.29, 0.717) is 17.9 Å². The third kappa shape index (κ3) is 7.31. The molecule has 0 spiro atoms. The highest BCUT2D eigenvalue weighted by Gasteiger charge is 2.06. The number of hydrogen-bond donors (Lipinski definition) is 2. The highest BCUT2D eigenvalue weighted by atomic mass is 16.5. The van der Waals surface area contributed by atoms with Gasteiger partial charge < -0.3 is 20.1 Å². The van der Waals surface area contributed by atoms with Gasteiger partial charge >= 0.3 is 5.97 Å². The summed E-state index contributed by atoms with van der Waals surface area (Å²) in [5.74, 6) is 0.251. The summed E-state index contributed by atoms with van der Waals surface area (Å²) >= 11 is 0. The number of rotatable bonds is 11. The van der Waals surface area contributed by atoms with E-state index in [1.807, 2.05) is 24.3 Å². The SMILES string of the molecule is CCCCCCOc1ccc(NC(=O)CNc2ccc(C(=O)OC)cc2)cc1. The Hall–Kier alpha value is -3.02. The van der Waals surface area contributed by atoms with Crippen LogP contribution in [0.25, 0.3) is 0 Å². The van der Waals surface area contributed by atoms with Crippen molar-refractivity contribution in [3.63, 3.8) is 0 Å². The van der Waals surface area contributed by atoms with Gasteiger partial charge in [-0.25, -0.2) is 4.79 Å². The molecular formula is C22H28N2O4. The highest BCUT2D eigenvalue weighted by Crippen LogP contribution is 2.16. The summed E-state index contributed by atoms with van der Waals surface area (Å²) < 4.78 is 10.3. The summed E-state index contributed by atoms with van der Waals surface area (Å²) in [6, 6.07) is 14.1. The molecule has 28 heavy (non-hydrogen) atoms. The largest absolute Gasteiger partial charge is 0.494 e. The fourth-order valence-corrected chi connectivity index (χ4v) is 2.58. The monoisotopic (exact) mass is 384 g/mol. The quantitative estimate of drug-likeness (QED) is 0.441. The van der Waals surface area contributed by atoms with Crippen LogP contribution in [0.15, 0.2) is 48.5 Å². The van der Waals surface area contributed by atoms with Gasteiger partial charge in [0, 0.05) is 11.4 Å². The molecule has 0 heterocycles. The summed E-state index contributed by atoms with van der Waals surface area (Å²) in [4.78, 5) is 23.5. The van der Waals surface area contributed by atoms with Crippen LogP contribution in [0.5, 0.6) is 5.75 Å². The summed E-state index contributed by atoms with van der Waals surface area (Å²) in [6.45, 7) is 3.02. The van der Waals surface area contributed by atoms with Gasteiger partial charge in [0.1, 0.15) is 5.75 Å². The zero-order valence-corrected chi connectivity index (χ0v) is 16.5. The van der Waals surface area contributed by atoms with Crippen LogP contribution in [0.2, 0.25) is 0 Å². The van der Waals surface area contributed by atoms with Crippen molar-refractivity contribution < 1.29 is 19.1 Å². The summed E-state index contributed by atoms with van der Waals surface area (Å²) in [7, 11) is 1.34. The van der Waals surface area contributed by atoms with E-state index in [9.17, 15) is 9.59 Å². The van der Waals surface area contributed by atoms with Gasteiger partial charge in [0.2, 0.25) is 5.91 Å². The lowest BCUT2D eigenvalue weighted by atomic mass is 10.2. The van der Waals surface area contributed by atoms with Crippen LogP contribution in [-0.4, -0.2) is 32.1 Å². The van der Waals surface area contributed by atoms with Crippen molar-refractivity contribution in [2.45, 2.75) is 32.6 Å². The van der Waals surface area contributed by atoms with Crippen LogP contribution in [-0.2, 0) is 9.53 Å². The lowest BCUT2D eigenvalue weighted by Crippen LogP contribution is -2.21. The highest BCUT2D eigenvalue weighted by molar-refractivity contribution is 5.94. The molecule has 0 fully saturated rings. The number of carbonyl (C=O) groups is 2. The number of unbranched alkanes of at least 4 members (excludes halogenated alkanes) is 3. The van der Waals surface area contributed by atoms with E-state index >= 15 is 0 Å². The maximum atomic E-state index is 12.1. The van der Waals surface area contributed by atoms with Crippen LogP contribution in [0.4, 0.5) is 11.4 Å². The molecular weight excluding hydrogens is 356 g/mol. The summed E-state index contributed by atoms with van der Waals surface area (Å²) in [5.41, 5.74) is 1.92. The van der Waals surface area contributed by atoms with Crippen molar-refractivity contribution in [1.82, 2.24) is 0 Å². The van der Waals surface area contributed by atoms with Crippen molar-refractivity contribution in [3.05, 3.63) is 54.1 Å². The fraction of sp³-hybridized carbons (Fsp3) is 0.364. The van der Waals surface area contributed by atoms with Gasteiger partial charge in [-0.15, -0.1) is 0 Å². The van der Waals surface area contributed by atoms with Gasteiger partial charge in [-0.05, 0) is 55.0 Å². The lowest BCUT2D eigenvalue weighted by molar-refractivity contribution is -0.114. The first-order chi connectivity index (χ1) is 13.6. The van der Waals surface area contributed by atoms with Crippen molar-refractivity contribution in [3.8, 4) is 5.75 Å². The molecule has 0 unspecified atom stereocenters. The molecule has 0 saturated carbocycles. The zero-order valence-electron chi connectivity index (χ0n) is 16.5. The average Bonchev–Trinajstić information content (AvgIpc) is 2.73. The normalized spacial score (nSPS) is 10.2. The van der Waals surface area contributed by atoms with Crippen molar-refractivity contribution in [2.24, 2.45) is 0 Å². The van der Waals surface area contributed by atoms with Crippen LogP contribution < -0.4 is 15.4 Å². The van der Waals surface area contributed by atoms with E-state index in [-0.39, 0.29) is 12.5 Å². The molecule has 0 atom stereocenters. The molecule has 0 radical (unpaired) electrons. The molecule has 0 aliphatic rings. The second-order valence-corrected chi connectivity index (χ2v) is 6.40. The van der Waals surface area contributed by atoms with Crippen molar-refractivity contribution in [1.29, 1.82) is 0 Å². The Labute approximate surface area is 166 Å². The van der Waals surface area contributed by atoms with Gasteiger partial charge in [0.25, 0.3) is 0 Å².